The highest BCUT2D eigenvalue weighted by atomic mass is 16.5. The number of ether oxygens (including phenoxy) is 1. The van der Waals surface area contributed by atoms with E-state index in [0.29, 0.717) is 24.5 Å². The molecule has 1 rings (SSSR count). The van der Waals surface area contributed by atoms with Crippen LogP contribution in [0, 0.1) is 6.92 Å². The number of pyridine rings is 1. The van der Waals surface area contributed by atoms with Crippen molar-refractivity contribution in [3.63, 3.8) is 0 Å². The van der Waals surface area contributed by atoms with Crippen LogP contribution in [0.5, 0.6) is 0 Å². The summed E-state index contributed by atoms with van der Waals surface area (Å²) in [6.07, 6.45) is 0. The van der Waals surface area contributed by atoms with Crippen molar-refractivity contribution in [1.82, 2.24) is 10.3 Å². The lowest BCUT2D eigenvalue weighted by atomic mass is 10.2. The van der Waals surface area contributed by atoms with Gasteiger partial charge in [0, 0.05) is 24.9 Å². The van der Waals surface area contributed by atoms with E-state index >= 15 is 0 Å². The van der Waals surface area contributed by atoms with Gasteiger partial charge in [-0.1, -0.05) is 0 Å². The van der Waals surface area contributed by atoms with Crippen LogP contribution in [0.4, 0.5) is 5.82 Å². The average Bonchev–Trinajstić information content (AvgIpc) is 2.16. The van der Waals surface area contributed by atoms with Crippen LogP contribution in [0.1, 0.15) is 16.1 Å². The molecule has 5 heteroatoms. The Labute approximate surface area is 88.6 Å². The number of carbonyl (C=O) groups is 1. The molecule has 3 N–H and O–H groups in total. The number of aromatic nitrogens is 1. The Hall–Kier alpha value is -1.62. The molecule has 0 aliphatic carbocycles. The number of rotatable bonds is 4. The van der Waals surface area contributed by atoms with Crippen LogP contribution in [0.3, 0.4) is 0 Å². The van der Waals surface area contributed by atoms with E-state index in [-0.39, 0.29) is 5.91 Å². The van der Waals surface area contributed by atoms with Crippen molar-refractivity contribution >= 4 is 11.7 Å². The van der Waals surface area contributed by atoms with Crippen LogP contribution in [0.2, 0.25) is 0 Å². The van der Waals surface area contributed by atoms with E-state index in [2.05, 4.69) is 10.3 Å². The normalized spacial score (nSPS) is 10.0. The summed E-state index contributed by atoms with van der Waals surface area (Å²) in [7, 11) is 1.58. The zero-order chi connectivity index (χ0) is 11.3. The molecule has 0 aliphatic rings. The Morgan fingerprint density at radius 2 is 2.33 bits per heavy atom. The van der Waals surface area contributed by atoms with Crippen LogP contribution in [0.15, 0.2) is 12.1 Å². The van der Waals surface area contributed by atoms with E-state index in [0.717, 1.165) is 5.69 Å². The van der Waals surface area contributed by atoms with Crippen molar-refractivity contribution in [3.05, 3.63) is 23.4 Å². The van der Waals surface area contributed by atoms with E-state index in [1.54, 1.807) is 26.2 Å². The highest BCUT2D eigenvalue weighted by Gasteiger charge is 2.06. The zero-order valence-electron chi connectivity index (χ0n) is 8.91. The van der Waals surface area contributed by atoms with Crippen molar-refractivity contribution in [1.29, 1.82) is 0 Å². The fraction of sp³-hybridized carbons (Fsp3) is 0.400. The first-order valence-electron chi connectivity index (χ1n) is 4.65. The van der Waals surface area contributed by atoms with Crippen molar-refractivity contribution in [3.8, 4) is 0 Å². The van der Waals surface area contributed by atoms with Gasteiger partial charge in [-0.15, -0.1) is 0 Å². The number of hydrogen-bond donors (Lipinski definition) is 2. The molecule has 0 aromatic carbocycles. The molecule has 82 valence electrons. The first kappa shape index (κ1) is 11.5. The molecule has 5 nitrogen and oxygen atoms in total. The predicted octanol–water partition coefficient (Wildman–Crippen LogP) is 0.348. The molecule has 0 saturated carbocycles. The fourth-order valence-electron chi connectivity index (χ4n) is 1.19. The number of nitrogens with zero attached hydrogens (tertiary/aromatic N) is 1. The first-order valence-corrected chi connectivity index (χ1v) is 4.65. The number of nitrogen functional groups attached to an aromatic ring is 1. The highest BCUT2D eigenvalue weighted by molar-refractivity contribution is 5.94. The van der Waals surface area contributed by atoms with Gasteiger partial charge >= 0.3 is 0 Å². The molecule has 0 radical (unpaired) electrons. The van der Waals surface area contributed by atoms with Gasteiger partial charge in [-0.2, -0.15) is 0 Å². The van der Waals surface area contributed by atoms with E-state index in [4.69, 9.17) is 10.5 Å². The first-order chi connectivity index (χ1) is 7.13. The second kappa shape index (κ2) is 5.31. The van der Waals surface area contributed by atoms with Crippen LogP contribution in [-0.4, -0.2) is 31.2 Å². The summed E-state index contributed by atoms with van der Waals surface area (Å²) in [4.78, 5) is 15.6. The molecule has 0 aliphatic heterocycles. The van der Waals surface area contributed by atoms with Gasteiger partial charge < -0.3 is 15.8 Å². The fourth-order valence-corrected chi connectivity index (χ4v) is 1.19. The van der Waals surface area contributed by atoms with Gasteiger partial charge in [0.05, 0.1) is 6.61 Å². The van der Waals surface area contributed by atoms with E-state index in [1.165, 1.54) is 0 Å². The lowest BCUT2D eigenvalue weighted by Gasteiger charge is -2.05. The van der Waals surface area contributed by atoms with Crippen molar-refractivity contribution < 1.29 is 9.53 Å². The number of nitrogens with two attached hydrogens (primary N) is 1. The van der Waals surface area contributed by atoms with Crippen molar-refractivity contribution in [2.75, 3.05) is 26.0 Å². The average molecular weight is 209 g/mol. The van der Waals surface area contributed by atoms with Gasteiger partial charge in [-0.25, -0.2) is 4.98 Å². The molecule has 0 atom stereocenters. The van der Waals surface area contributed by atoms with Gasteiger partial charge in [0.1, 0.15) is 5.82 Å². The van der Waals surface area contributed by atoms with Gasteiger partial charge in [0.25, 0.3) is 5.91 Å². The van der Waals surface area contributed by atoms with Gasteiger partial charge in [-0.05, 0) is 19.1 Å². The summed E-state index contributed by atoms with van der Waals surface area (Å²) < 4.78 is 4.82. The van der Waals surface area contributed by atoms with Crippen molar-refractivity contribution in [2.45, 2.75) is 6.92 Å². The van der Waals surface area contributed by atoms with Gasteiger partial charge in [0.15, 0.2) is 0 Å². The van der Waals surface area contributed by atoms with Crippen LogP contribution >= 0.6 is 0 Å². The number of amides is 1. The third kappa shape index (κ3) is 3.55. The van der Waals surface area contributed by atoms with Gasteiger partial charge in [-0.3, -0.25) is 4.79 Å². The summed E-state index contributed by atoms with van der Waals surface area (Å²) in [5.41, 5.74) is 6.79. The van der Waals surface area contributed by atoms with E-state index < -0.39 is 0 Å². The number of methoxy groups -OCH3 is 1. The maximum Gasteiger partial charge on any atom is 0.251 e. The molecule has 0 saturated heterocycles. The standard InChI is InChI=1S/C10H15N3O2/c1-7-5-8(6-9(11)13-7)10(14)12-3-4-15-2/h5-6H,3-4H2,1-2H3,(H2,11,13)(H,12,14). The molecule has 0 fully saturated rings. The maximum atomic E-state index is 11.6. The quantitative estimate of drug-likeness (QED) is 0.701. The molecule has 0 unspecified atom stereocenters. The smallest absolute Gasteiger partial charge is 0.251 e. The van der Waals surface area contributed by atoms with Gasteiger partial charge in [0.2, 0.25) is 0 Å². The summed E-state index contributed by atoms with van der Waals surface area (Å²) in [5, 5.41) is 2.71. The number of aryl methyl sites for hydroxylation is 1. The third-order valence-corrected chi connectivity index (χ3v) is 1.83. The number of nitrogens with one attached hydrogen (secondary N) is 1. The van der Waals surface area contributed by atoms with E-state index in [1.807, 2.05) is 0 Å². The molecule has 0 bridgehead atoms. The van der Waals surface area contributed by atoms with Crippen LogP contribution < -0.4 is 11.1 Å². The van der Waals surface area contributed by atoms with Crippen molar-refractivity contribution in [2.24, 2.45) is 0 Å². The summed E-state index contributed by atoms with van der Waals surface area (Å²) >= 11 is 0. The number of hydrogen-bond acceptors (Lipinski definition) is 4. The third-order valence-electron chi connectivity index (χ3n) is 1.83. The molecular formula is C10H15N3O2. The Morgan fingerprint density at radius 3 is 2.93 bits per heavy atom. The predicted molar refractivity (Wildman–Crippen MR) is 57.6 cm³/mol. The Bertz CT molecular complexity index is 332. The molecule has 15 heavy (non-hydrogen) atoms. The minimum Gasteiger partial charge on any atom is -0.384 e. The second-order valence-corrected chi connectivity index (χ2v) is 3.17. The Morgan fingerprint density at radius 1 is 1.60 bits per heavy atom. The highest BCUT2D eigenvalue weighted by Crippen LogP contribution is 2.06. The monoisotopic (exact) mass is 209 g/mol. The maximum absolute atomic E-state index is 11.6. The number of carbonyl (C=O) groups excluding carboxylic acids is 1. The minimum atomic E-state index is -0.163. The SMILES string of the molecule is COCCNC(=O)c1cc(C)nc(N)c1. The molecule has 1 aromatic rings. The largest absolute Gasteiger partial charge is 0.384 e. The molecule has 1 aromatic heterocycles. The number of anilines is 1. The lowest BCUT2D eigenvalue weighted by molar-refractivity contribution is 0.0937. The second-order valence-electron chi connectivity index (χ2n) is 3.17. The van der Waals surface area contributed by atoms with Crippen LogP contribution in [0.25, 0.3) is 0 Å². The topological polar surface area (TPSA) is 77.2 Å². The zero-order valence-corrected chi connectivity index (χ0v) is 8.91. The molecule has 1 amide bonds. The van der Waals surface area contributed by atoms with E-state index in [9.17, 15) is 4.79 Å². The Balaban J connectivity index is 2.65. The summed E-state index contributed by atoms with van der Waals surface area (Å²) in [6.45, 7) is 2.77. The molecular weight excluding hydrogens is 194 g/mol. The molecule has 0 spiro atoms. The lowest BCUT2D eigenvalue weighted by Crippen LogP contribution is -2.27. The van der Waals surface area contributed by atoms with Crippen LogP contribution in [-0.2, 0) is 4.74 Å². The summed E-state index contributed by atoms with van der Waals surface area (Å²) in [6, 6.07) is 3.24. The summed E-state index contributed by atoms with van der Waals surface area (Å²) in [5.74, 6) is 0.191. The minimum absolute atomic E-state index is 0.163. The molecule has 1 heterocycles. The Kier molecular flexibility index (Phi) is 4.05.